The van der Waals surface area contributed by atoms with Gasteiger partial charge in [-0.2, -0.15) is 0 Å². The highest BCUT2D eigenvalue weighted by molar-refractivity contribution is 5.83. The maximum atomic E-state index is 10.4. The molecule has 1 heterocycles. The third-order valence-corrected chi connectivity index (χ3v) is 1.54. The van der Waals surface area contributed by atoms with Gasteiger partial charge in [-0.1, -0.05) is 0 Å². The standard InChI is InChI=1S/C8H10N2O/c1-5-3-6(2)10-8(9)7(5)4-11/h3-4H,1-2H3,(H2,9,10). The molecule has 2 N–H and O–H groups in total. The minimum absolute atomic E-state index is 0.317. The van der Waals surface area contributed by atoms with Gasteiger partial charge in [0.05, 0.1) is 5.56 Å². The maximum Gasteiger partial charge on any atom is 0.154 e. The van der Waals surface area contributed by atoms with Crippen LogP contribution in [0.25, 0.3) is 0 Å². The van der Waals surface area contributed by atoms with Gasteiger partial charge in [0.25, 0.3) is 0 Å². The minimum Gasteiger partial charge on any atom is -0.383 e. The second-order valence-electron chi connectivity index (χ2n) is 2.50. The summed E-state index contributed by atoms with van der Waals surface area (Å²) in [7, 11) is 0. The van der Waals surface area contributed by atoms with E-state index in [1.165, 1.54) is 0 Å². The number of hydrogen-bond acceptors (Lipinski definition) is 3. The fraction of sp³-hybridized carbons (Fsp3) is 0.250. The third kappa shape index (κ3) is 1.37. The van der Waals surface area contributed by atoms with Crippen LogP contribution in [0, 0.1) is 13.8 Å². The van der Waals surface area contributed by atoms with Crippen LogP contribution in [0.1, 0.15) is 21.6 Å². The average Bonchev–Trinajstić information content (AvgIpc) is 1.85. The molecule has 0 aliphatic heterocycles. The Morgan fingerprint density at radius 2 is 2.18 bits per heavy atom. The highest BCUT2D eigenvalue weighted by Gasteiger charge is 2.02. The lowest BCUT2D eigenvalue weighted by molar-refractivity contribution is 0.112. The van der Waals surface area contributed by atoms with E-state index in [-0.39, 0.29) is 0 Å². The van der Waals surface area contributed by atoms with Crippen molar-refractivity contribution in [1.82, 2.24) is 4.98 Å². The summed E-state index contributed by atoms with van der Waals surface area (Å²) in [6.45, 7) is 3.69. The first kappa shape index (κ1) is 7.72. The quantitative estimate of drug-likeness (QED) is 0.610. The number of nitrogen functional groups attached to an aromatic ring is 1. The largest absolute Gasteiger partial charge is 0.383 e. The van der Waals surface area contributed by atoms with Crippen LogP contribution in [-0.2, 0) is 0 Å². The Morgan fingerprint density at radius 1 is 1.55 bits per heavy atom. The first-order chi connectivity index (χ1) is 5.15. The summed E-state index contributed by atoms with van der Waals surface area (Å²) in [4.78, 5) is 14.4. The van der Waals surface area contributed by atoms with Crippen molar-refractivity contribution in [3.63, 3.8) is 0 Å². The zero-order valence-corrected chi connectivity index (χ0v) is 6.59. The van der Waals surface area contributed by atoms with E-state index in [9.17, 15) is 4.79 Å². The number of anilines is 1. The van der Waals surface area contributed by atoms with Gasteiger partial charge >= 0.3 is 0 Å². The van der Waals surface area contributed by atoms with Crippen LogP contribution in [-0.4, -0.2) is 11.3 Å². The molecule has 1 rings (SSSR count). The maximum absolute atomic E-state index is 10.4. The number of pyridine rings is 1. The lowest BCUT2D eigenvalue weighted by Crippen LogP contribution is -2.00. The van der Waals surface area contributed by atoms with E-state index in [0.29, 0.717) is 11.4 Å². The summed E-state index contributed by atoms with van der Waals surface area (Å²) in [6.07, 6.45) is 0.733. The van der Waals surface area contributed by atoms with Gasteiger partial charge in [-0.25, -0.2) is 4.98 Å². The first-order valence-electron chi connectivity index (χ1n) is 3.34. The van der Waals surface area contributed by atoms with Gasteiger partial charge in [0.2, 0.25) is 0 Å². The molecule has 3 nitrogen and oxygen atoms in total. The molecule has 0 unspecified atom stereocenters. The van der Waals surface area contributed by atoms with E-state index in [4.69, 9.17) is 5.73 Å². The lowest BCUT2D eigenvalue weighted by atomic mass is 10.1. The number of carbonyl (C=O) groups excluding carboxylic acids is 1. The van der Waals surface area contributed by atoms with Gasteiger partial charge in [-0.3, -0.25) is 4.79 Å². The number of aryl methyl sites for hydroxylation is 2. The molecule has 0 saturated heterocycles. The summed E-state index contributed by atoms with van der Waals surface area (Å²) in [6, 6.07) is 1.83. The smallest absolute Gasteiger partial charge is 0.154 e. The van der Waals surface area contributed by atoms with Gasteiger partial charge in [0.15, 0.2) is 6.29 Å². The van der Waals surface area contributed by atoms with E-state index in [1.807, 2.05) is 19.9 Å². The van der Waals surface area contributed by atoms with E-state index in [0.717, 1.165) is 17.5 Å². The average molecular weight is 150 g/mol. The Kier molecular flexibility index (Phi) is 1.89. The highest BCUT2D eigenvalue weighted by Crippen LogP contribution is 2.12. The molecular formula is C8H10N2O. The predicted molar refractivity (Wildman–Crippen MR) is 43.5 cm³/mol. The molecule has 0 bridgehead atoms. The number of hydrogen-bond donors (Lipinski definition) is 1. The topological polar surface area (TPSA) is 56.0 Å². The molecular weight excluding hydrogens is 140 g/mol. The van der Waals surface area contributed by atoms with Crippen LogP contribution in [0.5, 0.6) is 0 Å². The predicted octanol–water partition coefficient (Wildman–Crippen LogP) is 1.09. The molecule has 0 atom stereocenters. The number of rotatable bonds is 1. The number of nitrogens with two attached hydrogens (primary N) is 1. The first-order valence-corrected chi connectivity index (χ1v) is 3.34. The molecule has 0 amide bonds. The van der Waals surface area contributed by atoms with Gasteiger partial charge in [0.1, 0.15) is 5.82 Å². The van der Waals surface area contributed by atoms with E-state index < -0.39 is 0 Å². The highest BCUT2D eigenvalue weighted by atomic mass is 16.1. The van der Waals surface area contributed by atoms with Crippen LogP contribution in [0.15, 0.2) is 6.07 Å². The molecule has 11 heavy (non-hydrogen) atoms. The van der Waals surface area contributed by atoms with Crippen LogP contribution in [0.3, 0.4) is 0 Å². The van der Waals surface area contributed by atoms with Crippen molar-refractivity contribution in [3.05, 3.63) is 22.9 Å². The number of nitrogens with zero attached hydrogens (tertiary/aromatic N) is 1. The Labute approximate surface area is 65.2 Å². The van der Waals surface area contributed by atoms with Crippen molar-refractivity contribution in [2.45, 2.75) is 13.8 Å². The Bertz CT molecular complexity index is 271. The van der Waals surface area contributed by atoms with Crippen molar-refractivity contribution in [2.75, 3.05) is 5.73 Å². The van der Waals surface area contributed by atoms with Gasteiger partial charge in [-0.05, 0) is 25.5 Å². The molecule has 1 aromatic heterocycles. The van der Waals surface area contributed by atoms with Crippen molar-refractivity contribution in [1.29, 1.82) is 0 Å². The second-order valence-corrected chi connectivity index (χ2v) is 2.50. The molecule has 0 spiro atoms. The molecule has 0 radical (unpaired) electrons. The van der Waals surface area contributed by atoms with Crippen molar-refractivity contribution < 1.29 is 4.79 Å². The Hall–Kier alpha value is -1.38. The summed E-state index contributed by atoms with van der Waals surface area (Å²) < 4.78 is 0. The molecule has 0 fully saturated rings. The molecule has 1 aromatic rings. The van der Waals surface area contributed by atoms with Crippen LogP contribution < -0.4 is 5.73 Å². The van der Waals surface area contributed by atoms with Crippen LogP contribution in [0.2, 0.25) is 0 Å². The van der Waals surface area contributed by atoms with Crippen LogP contribution >= 0.6 is 0 Å². The minimum atomic E-state index is 0.317. The Morgan fingerprint density at radius 3 is 2.64 bits per heavy atom. The molecule has 0 aliphatic carbocycles. The van der Waals surface area contributed by atoms with E-state index >= 15 is 0 Å². The second kappa shape index (κ2) is 2.70. The van der Waals surface area contributed by atoms with E-state index in [2.05, 4.69) is 4.98 Å². The normalized spacial score (nSPS) is 9.64. The summed E-state index contributed by atoms with van der Waals surface area (Å²) in [5.41, 5.74) is 7.70. The molecule has 0 aromatic carbocycles. The zero-order valence-electron chi connectivity index (χ0n) is 6.59. The molecule has 0 aliphatic rings. The lowest BCUT2D eigenvalue weighted by Gasteiger charge is -2.02. The fourth-order valence-corrected chi connectivity index (χ4v) is 1.03. The number of carbonyl (C=O) groups is 1. The van der Waals surface area contributed by atoms with Crippen molar-refractivity contribution in [3.8, 4) is 0 Å². The van der Waals surface area contributed by atoms with Gasteiger partial charge in [0, 0.05) is 5.69 Å². The van der Waals surface area contributed by atoms with Crippen molar-refractivity contribution >= 4 is 12.1 Å². The molecule has 0 saturated carbocycles. The molecule has 58 valence electrons. The number of aromatic nitrogens is 1. The fourth-order valence-electron chi connectivity index (χ4n) is 1.03. The number of aldehydes is 1. The Balaban J connectivity index is 3.36. The van der Waals surface area contributed by atoms with Gasteiger partial charge < -0.3 is 5.73 Å². The summed E-state index contributed by atoms with van der Waals surface area (Å²) in [5.74, 6) is 0.317. The third-order valence-electron chi connectivity index (χ3n) is 1.54. The van der Waals surface area contributed by atoms with Crippen LogP contribution in [0.4, 0.5) is 5.82 Å². The SMILES string of the molecule is Cc1cc(C)c(C=O)c(N)n1. The van der Waals surface area contributed by atoms with Gasteiger partial charge in [-0.15, -0.1) is 0 Å². The zero-order chi connectivity index (χ0) is 8.43. The summed E-state index contributed by atoms with van der Waals surface area (Å²) in [5, 5.41) is 0. The van der Waals surface area contributed by atoms with Crippen molar-refractivity contribution in [2.24, 2.45) is 0 Å². The molecule has 3 heteroatoms. The summed E-state index contributed by atoms with van der Waals surface area (Å²) >= 11 is 0. The van der Waals surface area contributed by atoms with E-state index in [1.54, 1.807) is 0 Å². The monoisotopic (exact) mass is 150 g/mol.